The van der Waals surface area contributed by atoms with E-state index in [1.54, 1.807) is 11.6 Å². The van der Waals surface area contributed by atoms with Gasteiger partial charge in [0.25, 0.3) is 0 Å². The van der Waals surface area contributed by atoms with Crippen molar-refractivity contribution in [2.75, 3.05) is 49.8 Å². The van der Waals surface area contributed by atoms with Crippen LogP contribution in [0.2, 0.25) is 19.1 Å². The molecule has 2 aromatic carbocycles. The summed E-state index contributed by atoms with van der Waals surface area (Å²) in [4.78, 5) is 19.0. The molecule has 47 heavy (non-hydrogen) atoms. The summed E-state index contributed by atoms with van der Waals surface area (Å²) >= 11 is 1.16. The van der Waals surface area contributed by atoms with Gasteiger partial charge in [0.15, 0.2) is 5.65 Å². The van der Waals surface area contributed by atoms with Crippen LogP contribution in [0.1, 0.15) is 17.0 Å². The molecule has 0 N–H and O–H groups in total. The highest BCUT2D eigenvalue weighted by molar-refractivity contribution is 14.1. The minimum atomic E-state index is -2.96. The van der Waals surface area contributed by atoms with Crippen molar-refractivity contribution in [3.8, 4) is 5.75 Å². The number of para-hydroxylation sites is 2. The standard InChI is InChI=1S/C32H38F2IN8O3Si/c1-44-25-10-8-23(9-11-25)20-41(21-28-37-26-6-4-5-7-27(26)42(28)22-46-16-17-47(2)3)31-39-30(40-12-14-45-15-13-40)38-29-24(18-32(33,34)35)19-36-43(29)31/h4-11,19H,12-18,20-22H2,1-3H3. The fourth-order valence-corrected chi connectivity index (χ4v) is 6.45. The third kappa shape index (κ3) is 8.18. The number of hydrogen-bond acceptors (Lipinski definition) is 9. The highest BCUT2D eigenvalue weighted by atomic mass is 127. The Balaban J connectivity index is 1.46. The fraction of sp³-hybridized carbons (Fsp3) is 0.438. The van der Waals surface area contributed by atoms with Crippen molar-refractivity contribution in [2.24, 2.45) is 0 Å². The number of aromatic nitrogens is 6. The van der Waals surface area contributed by atoms with Crippen molar-refractivity contribution < 1.29 is 23.0 Å². The van der Waals surface area contributed by atoms with E-state index in [0.717, 1.165) is 56.8 Å². The molecule has 5 aromatic rings. The zero-order chi connectivity index (χ0) is 33.0. The number of halogens is 3. The smallest absolute Gasteiger partial charge is 0.300 e. The van der Waals surface area contributed by atoms with E-state index in [4.69, 9.17) is 29.2 Å². The Hall–Kier alpha value is -3.41. The van der Waals surface area contributed by atoms with Crippen LogP contribution in [0.4, 0.5) is 20.7 Å². The third-order valence-electron chi connectivity index (χ3n) is 7.95. The van der Waals surface area contributed by atoms with Gasteiger partial charge in [-0.15, -0.1) is 0 Å². The Morgan fingerprint density at radius 3 is 2.51 bits per heavy atom. The number of methoxy groups -OCH3 is 1. The highest BCUT2D eigenvalue weighted by Crippen LogP contribution is 2.31. The van der Waals surface area contributed by atoms with E-state index in [-0.39, 0.29) is 0 Å². The molecule has 1 saturated heterocycles. The van der Waals surface area contributed by atoms with Gasteiger partial charge in [0.1, 0.15) is 18.3 Å². The van der Waals surface area contributed by atoms with Crippen molar-refractivity contribution >= 4 is 60.0 Å². The van der Waals surface area contributed by atoms with Gasteiger partial charge < -0.3 is 28.6 Å². The van der Waals surface area contributed by atoms with Gasteiger partial charge in [-0.25, -0.2) is 4.98 Å². The summed E-state index contributed by atoms with van der Waals surface area (Å²) in [5.41, 5.74) is 3.52. The number of ether oxygens (including phenoxy) is 3. The maximum absolute atomic E-state index is 14.3. The molecule has 1 aliphatic heterocycles. The van der Waals surface area contributed by atoms with Crippen LogP contribution in [0.3, 0.4) is 0 Å². The number of benzene rings is 2. The molecule has 249 valence electrons. The zero-order valence-corrected chi connectivity index (χ0v) is 29.9. The molecule has 0 spiro atoms. The fourth-order valence-electron chi connectivity index (χ4n) is 5.49. The number of imidazole rings is 1. The summed E-state index contributed by atoms with van der Waals surface area (Å²) in [6.07, 6.45) is 0.967. The lowest BCUT2D eigenvalue weighted by atomic mass is 10.2. The Bertz CT molecular complexity index is 1790. The number of anilines is 2. The lowest BCUT2D eigenvalue weighted by Crippen LogP contribution is -2.38. The van der Waals surface area contributed by atoms with Crippen molar-refractivity contribution in [1.29, 1.82) is 0 Å². The topological polar surface area (TPSA) is 95.1 Å². The first-order chi connectivity index (χ1) is 22.7. The molecule has 11 nitrogen and oxygen atoms in total. The van der Waals surface area contributed by atoms with Gasteiger partial charge in [-0.2, -0.15) is 28.4 Å². The van der Waals surface area contributed by atoms with Crippen LogP contribution in [0.15, 0.2) is 54.7 Å². The van der Waals surface area contributed by atoms with Gasteiger partial charge in [-0.1, -0.05) is 37.4 Å². The number of rotatable bonds is 14. The van der Waals surface area contributed by atoms with E-state index in [1.807, 2.05) is 53.4 Å². The van der Waals surface area contributed by atoms with Crippen LogP contribution in [0.25, 0.3) is 16.7 Å². The molecule has 0 bridgehead atoms. The van der Waals surface area contributed by atoms with E-state index in [1.165, 1.54) is 6.20 Å². The molecule has 4 heterocycles. The monoisotopic (exact) mass is 775 g/mol. The van der Waals surface area contributed by atoms with Gasteiger partial charge in [0.2, 0.25) is 11.9 Å². The molecule has 0 saturated carbocycles. The second kappa shape index (κ2) is 14.8. The molecule has 3 aromatic heterocycles. The summed E-state index contributed by atoms with van der Waals surface area (Å²) in [5.74, 6) is 2.45. The third-order valence-corrected chi connectivity index (χ3v) is 9.53. The van der Waals surface area contributed by atoms with Crippen molar-refractivity contribution in [1.82, 2.24) is 29.1 Å². The average molecular weight is 776 g/mol. The Labute approximate surface area is 287 Å². The summed E-state index contributed by atoms with van der Waals surface area (Å²) in [5, 5.41) is 4.56. The molecule has 0 atom stereocenters. The first-order valence-electron chi connectivity index (χ1n) is 15.5. The highest BCUT2D eigenvalue weighted by Gasteiger charge is 2.29. The first-order valence-corrected chi connectivity index (χ1v) is 19.3. The van der Waals surface area contributed by atoms with Crippen LogP contribution in [0.5, 0.6) is 5.75 Å². The largest absolute Gasteiger partial charge is 0.497 e. The van der Waals surface area contributed by atoms with Gasteiger partial charge in [0, 0.05) is 40.6 Å². The van der Waals surface area contributed by atoms with Crippen LogP contribution in [-0.4, -0.2) is 81.9 Å². The number of morpholine rings is 1. The molecule has 1 radical (unpaired) electrons. The Kier molecular flexibility index (Phi) is 10.5. The quantitative estimate of drug-likeness (QED) is 0.0599. The minimum Gasteiger partial charge on any atom is -0.497 e. The summed E-state index contributed by atoms with van der Waals surface area (Å²) in [7, 11) is 1.22. The van der Waals surface area contributed by atoms with E-state index in [9.17, 15) is 8.78 Å². The second-order valence-electron chi connectivity index (χ2n) is 11.8. The molecule has 15 heteroatoms. The predicted molar refractivity (Wildman–Crippen MR) is 187 cm³/mol. The summed E-state index contributed by atoms with van der Waals surface area (Å²) < 4.78 is 46.5. The van der Waals surface area contributed by atoms with Crippen LogP contribution in [0, 0.1) is 0 Å². The number of nitrogens with zero attached hydrogens (tertiary/aromatic N) is 8. The zero-order valence-electron chi connectivity index (χ0n) is 26.7. The SMILES string of the molecule is COc1ccc(CN(Cc2nc3ccccc3n2COCC[Si](C)C)c2nc(N3CCOCC3)nc3c(CC(F)(F)I)cnn23)cc1. The maximum atomic E-state index is 14.3. The molecule has 1 fully saturated rings. The average Bonchev–Trinajstić information content (AvgIpc) is 3.62. The lowest BCUT2D eigenvalue weighted by molar-refractivity contribution is 0.0882. The van der Waals surface area contributed by atoms with Gasteiger partial charge in [-0.05, 0) is 58.5 Å². The summed E-state index contributed by atoms with van der Waals surface area (Å²) in [6.45, 7) is 8.59. The number of alkyl halides is 3. The Morgan fingerprint density at radius 2 is 1.79 bits per heavy atom. The van der Waals surface area contributed by atoms with Gasteiger partial charge in [0.05, 0.1) is 50.5 Å². The van der Waals surface area contributed by atoms with Crippen molar-refractivity contribution in [3.63, 3.8) is 0 Å². The van der Waals surface area contributed by atoms with E-state index in [0.29, 0.717) is 75.8 Å². The van der Waals surface area contributed by atoms with E-state index in [2.05, 4.69) is 27.7 Å². The van der Waals surface area contributed by atoms with Gasteiger partial charge in [-0.3, -0.25) is 0 Å². The van der Waals surface area contributed by atoms with Crippen molar-refractivity contribution in [3.05, 3.63) is 71.7 Å². The molecule has 0 amide bonds. The van der Waals surface area contributed by atoms with Crippen LogP contribution < -0.4 is 14.5 Å². The predicted octanol–water partition coefficient (Wildman–Crippen LogP) is 5.82. The summed E-state index contributed by atoms with van der Waals surface area (Å²) in [6, 6.07) is 16.9. The molecule has 6 rings (SSSR count). The minimum absolute atomic E-state index is 0.340. The van der Waals surface area contributed by atoms with Crippen molar-refractivity contribution in [2.45, 2.75) is 49.3 Å². The molecule has 0 aliphatic carbocycles. The van der Waals surface area contributed by atoms with Crippen LogP contribution >= 0.6 is 22.6 Å². The van der Waals surface area contributed by atoms with E-state index < -0.39 is 19.1 Å². The van der Waals surface area contributed by atoms with Crippen LogP contribution in [-0.2, 0) is 35.7 Å². The second-order valence-corrected chi connectivity index (χ2v) is 16.3. The molecule has 1 aliphatic rings. The number of hydrogen-bond donors (Lipinski definition) is 0. The maximum Gasteiger partial charge on any atom is 0.300 e. The van der Waals surface area contributed by atoms with E-state index >= 15 is 0 Å². The Morgan fingerprint density at radius 1 is 1.02 bits per heavy atom. The normalized spacial score (nSPS) is 14.1. The lowest BCUT2D eigenvalue weighted by Gasteiger charge is -2.29. The molecule has 0 unspecified atom stereocenters. The number of fused-ring (bicyclic) bond motifs is 2. The van der Waals surface area contributed by atoms with Gasteiger partial charge >= 0.3 is 3.93 Å². The molecular formula is C32H38F2IN8O3Si. The first kappa shape index (κ1) is 33.5. The molecular weight excluding hydrogens is 737 g/mol.